The van der Waals surface area contributed by atoms with Crippen molar-refractivity contribution in [3.63, 3.8) is 0 Å². The molecule has 8 heteroatoms. The minimum Gasteiger partial charge on any atom is -0.497 e. The maximum atomic E-state index is 12.1. The molecule has 4 rings (SSSR count). The van der Waals surface area contributed by atoms with E-state index in [0.29, 0.717) is 11.6 Å². The summed E-state index contributed by atoms with van der Waals surface area (Å²) in [6, 6.07) is 18.3. The molecule has 2 aromatic carbocycles. The number of ether oxygens (including phenoxy) is 1. The number of nitrogens with zero attached hydrogens (tertiary/aromatic N) is 4. The van der Waals surface area contributed by atoms with Crippen molar-refractivity contribution in [3.8, 4) is 22.8 Å². The Kier molecular flexibility index (Phi) is 4.59. The van der Waals surface area contributed by atoms with E-state index in [1.807, 2.05) is 54.6 Å². The monoisotopic (exact) mass is 375 g/mol. The zero-order valence-electron chi connectivity index (χ0n) is 15.1. The predicted octanol–water partition coefficient (Wildman–Crippen LogP) is 1.84. The second-order valence-corrected chi connectivity index (χ2v) is 6.07. The lowest BCUT2D eigenvalue weighted by Crippen LogP contribution is -2.29. The maximum absolute atomic E-state index is 12.1. The Bertz CT molecular complexity index is 1210. The lowest BCUT2D eigenvalue weighted by molar-refractivity contribution is 0.414. The SMILES string of the molecule is COc1ccc(-n2nc(-c3ccccc3)nc2Cn2ccc(=O)[nH]c2=O)cc1. The molecule has 0 atom stereocenters. The Labute approximate surface area is 159 Å². The van der Waals surface area contributed by atoms with Crippen molar-refractivity contribution in [2.45, 2.75) is 6.54 Å². The quantitative estimate of drug-likeness (QED) is 0.574. The van der Waals surface area contributed by atoms with Crippen molar-refractivity contribution < 1.29 is 4.74 Å². The largest absolute Gasteiger partial charge is 0.497 e. The number of hydrogen-bond donors (Lipinski definition) is 1. The van der Waals surface area contributed by atoms with Crippen LogP contribution in [0.2, 0.25) is 0 Å². The Morgan fingerprint density at radius 2 is 1.75 bits per heavy atom. The minimum absolute atomic E-state index is 0.154. The molecule has 28 heavy (non-hydrogen) atoms. The van der Waals surface area contributed by atoms with Crippen LogP contribution in [0.25, 0.3) is 17.1 Å². The summed E-state index contributed by atoms with van der Waals surface area (Å²) >= 11 is 0. The van der Waals surface area contributed by atoms with Gasteiger partial charge < -0.3 is 4.74 Å². The summed E-state index contributed by atoms with van der Waals surface area (Å²) in [5.41, 5.74) is 0.702. The normalized spacial score (nSPS) is 10.8. The van der Waals surface area contributed by atoms with Gasteiger partial charge in [0.25, 0.3) is 5.56 Å². The van der Waals surface area contributed by atoms with E-state index in [1.165, 1.54) is 16.8 Å². The lowest BCUT2D eigenvalue weighted by atomic mass is 10.2. The van der Waals surface area contributed by atoms with Gasteiger partial charge in [-0.15, -0.1) is 5.10 Å². The highest BCUT2D eigenvalue weighted by Crippen LogP contribution is 2.20. The molecule has 0 unspecified atom stereocenters. The summed E-state index contributed by atoms with van der Waals surface area (Å²) in [5.74, 6) is 1.83. The summed E-state index contributed by atoms with van der Waals surface area (Å²) in [7, 11) is 1.60. The van der Waals surface area contributed by atoms with Gasteiger partial charge in [0.15, 0.2) is 11.6 Å². The van der Waals surface area contributed by atoms with E-state index < -0.39 is 11.2 Å². The summed E-state index contributed by atoms with van der Waals surface area (Å²) in [6.45, 7) is 0.154. The van der Waals surface area contributed by atoms with Crippen LogP contribution >= 0.6 is 0 Å². The highest BCUT2D eigenvalue weighted by Gasteiger charge is 2.14. The molecule has 0 aliphatic heterocycles. The van der Waals surface area contributed by atoms with Gasteiger partial charge >= 0.3 is 5.69 Å². The van der Waals surface area contributed by atoms with Crippen LogP contribution in [-0.2, 0) is 6.54 Å². The summed E-state index contributed by atoms with van der Waals surface area (Å²) in [5, 5.41) is 4.63. The van der Waals surface area contributed by atoms with E-state index in [9.17, 15) is 9.59 Å². The summed E-state index contributed by atoms with van der Waals surface area (Å²) in [4.78, 5) is 30.3. The number of aromatic amines is 1. The van der Waals surface area contributed by atoms with Gasteiger partial charge in [-0.1, -0.05) is 30.3 Å². The molecule has 0 bridgehead atoms. The molecule has 0 saturated carbocycles. The average molecular weight is 375 g/mol. The van der Waals surface area contributed by atoms with Crippen LogP contribution in [-0.4, -0.2) is 31.4 Å². The molecule has 0 aliphatic carbocycles. The van der Waals surface area contributed by atoms with E-state index in [0.717, 1.165) is 17.0 Å². The predicted molar refractivity (Wildman–Crippen MR) is 104 cm³/mol. The molecule has 0 spiro atoms. The first-order valence-corrected chi connectivity index (χ1v) is 8.59. The van der Waals surface area contributed by atoms with Gasteiger partial charge in [-0.2, -0.15) is 0 Å². The summed E-state index contributed by atoms with van der Waals surface area (Å²) in [6.07, 6.45) is 1.44. The van der Waals surface area contributed by atoms with Gasteiger partial charge in [-0.3, -0.25) is 14.3 Å². The molecular weight excluding hydrogens is 358 g/mol. The third-order valence-corrected chi connectivity index (χ3v) is 4.23. The number of H-pyrrole nitrogens is 1. The molecule has 0 aliphatic rings. The fraction of sp³-hybridized carbons (Fsp3) is 0.100. The first-order valence-electron chi connectivity index (χ1n) is 8.59. The van der Waals surface area contributed by atoms with E-state index in [1.54, 1.807) is 11.8 Å². The van der Waals surface area contributed by atoms with Crippen molar-refractivity contribution in [2.24, 2.45) is 0 Å². The molecule has 1 N–H and O–H groups in total. The molecular formula is C20H17N5O3. The van der Waals surface area contributed by atoms with E-state index in [-0.39, 0.29) is 6.54 Å². The van der Waals surface area contributed by atoms with Gasteiger partial charge in [0, 0.05) is 17.8 Å². The smallest absolute Gasteiger partial charge is 0.328 e. The summed E-state index contributed by atoms with van der Waals surface area (Å²) < 4.78 is 8.26. The Morgan fingerprint density at radius 1 is 1.00 bits per heavy atom. The van der Waals surface area contributed by atoms with Crippen molar-refractivity contribution in [1.29, 1.82) is 0 Å². The Morgan fingerprint density at radius 3 is 2.43 bits per heavy atom. The van der Waals surface area contributed by atoms with Crippen LogP contribution in [0.4, 0.5) is 0 Å². The number of hydrogen-bond acceptors (Lipinski definition) is 5. The second kappa shape index (κ2) is 7.36. The van der Waals surface area contributed by atoms with Gasteiger partial charge in [-0.25, -0.2) is 14.5 Å². The molecule has 4 aromatic rings. The van der Waals surface area contributed by atoms with E-state index in [4.69, 9.17) is 4.74 Å². The molecule has 8 nitrogen and oxygen atoms in total. The number of aromatic nitrogens is 5. The van der Waals surface area contributed by atoms with Crippen LogP contribution in [0, 0.1) is 0 Å². The third-order valence-electron chi connectivity index (χ3n) is 4.23. The first kappa shape index (κ1) is 17.5. The van der Waals surface area contributed by atoms with Gasteiger partial charge in [0.05, 0.1) is 19.3 Å². The molecule has 0 saturated heterocycles. The minimum atomic E-state index is -0.502. The van der Waals surface area contributed by atoms with E-state index >= 15 is 0 Å². The van der Waals surface area contributed by atoms with Crippen LogP contribution in [0.3, 0.4) is 0 Å². The van der Waals surface area contributed by atoms with E-state index in [2.05, 4.69) is 15.1 Å². The molecule has 2 heterocycles. The first-order chi connectivity index (χ1) is 13.6. The topological polar surface area (TPSA) is 94.8 Å². The van der Waals surface area contributed by atoms with Crippen LogP contribution in [0.1, 0.15) is 5.82 Å². The zero-order valence-corrected chi connectivity index (χ0v) is 15.1. The number of nitrogens with one attached hydrogen (secondary N) is 1. The average Bonchev–Trinajstić information content (AvgIpc) is 3.15. The lowest BCUT2D eigenvalue weighted by Gasteiger charge is -2.08. The van der Waals surface area contributed by atoms with Gasteiger partial charge in [0.2, 0.25) is 0 Å². The maximum Gasteiger partial charge on any atom is 0.328 e. The standard InChI is InChI=1S/C20H17N5O3/c1-28-16-9-7-15(8-10-16)25-17(13-24-12-11-18(26)22-20(24)27)21-19(23-25)14-5-3-2-4-6-14/h2-12H,13H2,1H3,(H,22,26,27). The molecule has 0 amide bonds. The zero-order chi connectivity index (χ0) is 19.5. The van der Waals surface area contributed by atoms with Crippen molar-refractivity contribution in [3.05, 3.63) is 93.5 Å². The van der Waals surface area contributed by atoms with Crippen molar-refractivity contribution in [2.75, 3.05) is 7.11 Å². The Balaban J connectivity index is 1.81. The Hall–Kier alpha value is -3.94. The van der Waals surface area contributed by atoms with Crippen LogP contribution in [0.15, 0.2) is 76.4 Å². The third kappa shape index (κ3) is 3.48. The van der Waals surface area contributed by atoms with Crippen LogP contribution in [0.5, 0.6) is 5.75 Å². The molecule has 140 valence electrons. The van der Waals surface area contributed by atoms with Gasteiger partial charge in [-0.05, 0) is 24.3 Å². The van der Waals surface area contributed by atoms with Crippen molar-refractivity contribution in [1.82, 2.24) is 24.3 Å². The van der Waals surface area contributed by atoms with Gasteiger partial charge in [0.1, 0.15) is 5.75 Å². The highest BCUT2D eigenvalue weighted by atomic mass is 16.5. The van der Waals surface area contributed by atoms with Crippen molar-refractivity contribution >= 4 is 0 Å². The molecule has 0 radical (unpaired) electrons. The number of methoxy groups -OCH3 is 1. The number of benzene rings is 2. The fourth-order valence-electron chi connectivity index (χ4n) is 2.81. The molecule has 2 aromatic heterocycles. The van der Waals surface area contributed by atoms with Crippen LogP contribution < -0.4 is 16.0 Å². The molecule has 0 fully saturated rings. The number of rotatable bonds is 5. The highest BCUT2D eigenvalue weighted by molar-refractivity contribution is 5.54. The fourth-order valence-corrected chi connectivity index (χ4v) is 2.81. The second-order valence-electron chi connectivity index (χ2n) is 6.07.